The zero-order valence-corrected chi connectivity index (χ0v) is 12.7. The zero-order chi connectivity index (χ0) is 13.5. The largest absolute Gasteiger partial charge is 0.379 e. The molecular weight excluding hydrogens is 260 g/mol. The summed E-state index contributed by atoms with van der Waals surface area (Å²) in [5.74, 6) is 0.718. The molecule has 1 unspecified atom stereocenters. The van der Waals surface area contributed by atoms with Gasteiger partial charge in [-0.25, -0.2) is 0 Å². The van der Waals surface area contributed by atoms with Crippen LogP contribution < -0.4 is 5.32 Å². The van der Waals surface area contributed by atoms with Crippen LogP contribution in [0.25, 0.3) is 0 Å². The average Bonchev–Trinajstić information content (AvgIpc) is 2.91. The molecule has 1 aromatic rings. The maximum atomic E-state index is 5.44. The van der Waals surface area contributed by atoms with Crippen LogP contribution in [0.1, 0.15) is 26.0 Å². The van der Waals surface area contributed by atoms with Gasteiger partial charge in [-0.3, -0.25) is 4.90 Å². The van der Waals surface area contributed by atoms with Gasteiger partial charge in [0.05, 0.1) is 18.9 Å². The van der Waals surface area contributed by atoms with Crippen LogP contribution in [0.3, 0.4) is 0 Å². The number of nitrogens with one attached hydrogen (secondary N) is 1. The van der Waals surface area contributed by atoms with Gasteiger partial charge in [-0.05, 0) is 23.9 Å². The number of aromatic nitrogens is 2. The molecule has 5 nitrogen and oxygen atoms in total. The highest BCUT2D eigenvalue weighted by atomic mass is 32.1. The van der Waals surface area contributed by atoms with E-state index in [1.165, 1.54) is 18.0 Å². The number of ether oxygens (including phenoxy) is 1. The molecule has 0 aromatic carbocycles. The van der Waals surface area contributed by atoms with Crippen molar-refractivity contribution in [2.75, 3.05) is 32.8 Å². The summed E-state index contributed by atoms with van der Waals surface area (Å²) in [5.41, 5.74) is 1.04. The van der Waals surface area contributed by atoms with E-state index in [1.807, 2.05) is 5.38 Å². The van der Waals surface area contributed by atoms with E-state index < -0.39 is 0 Å². The van der Waals surface area contributed by atoms with E-state index in [0.29, 0.717) is 6.04 Å². The summed E-state index contributed by atoms with van der Waals surface area (Å²) in [6.45, 7) is 10.2. The van der Waals surface area contributed by atoms with E-state index in [1.54, 1.807) is 0 Å². The molecule has 0 amide bonds. The van der Waals surface area contributed by atoms with Crippen molar-refractivity contribution >= 4 is 11.5 Å². The Bertz CT molecular complexity index is 338. The Morgan fingerprint density at radius 1 is 1.42 bits per heavy atom. The Morgan fingerprint density at radius 3 is 2.84 bits per heavy atom. The van der Waals surface area contributed by atoms with Gasteiger partial charge in [-0.1, -0.05) is 18.3 Å². The van der Waals surface area contributed by atoms with Crippen molar-refractivity contribution in [3.63, 3.8) is 0 Å². The molecule has 6 heteroatoms. The first kappa shape index (κ1) is 14.8. The van der Waals surface area contributed by atoms with Crippen LogP contribution in [0.4, 0.5) is 0 Å². The summed E-state index contributed by atoms with van der Waals surface area (Å²) in [7, 11) is 0. The van der Waals surface area contributed by atoms with Crippen molar-refractivity contribution in [3.8, 4) is 0 Å². The third-order valence-corrected chi connectivity index (χ3v) is 3.95. The second-order valence-corrected chi connectivity index (χ2v) is 6.07. The second kappa shape index (κ2) is 7.89. The van der Waals surface area contributed by atoms with Gasteiger partial charge in [-0.2, -0.15) is 0 Å². The Morgan fingerprint density at radius 2 is 2.21 bits per heavy atom. The summed E-state index contributed by atoms with van der Waals surface area (Å²) in [5, 5.41) is 9.57. The molecule has 2 heterocycles. The standard InChI is InChI=1S/C13H24N4OS/c1-11(2)7-13(17-3-5-18-6-4-17)9-14-8-12-10-19-16-15-12/h10-11,13-14H,3-9H2,1-2H3. The Hall–Kier alpha value is -0.560. The van der Waals surface area contributed by atoms with Gasteiger partial charge < -0.3 is 10.1 Å². The number of rotatable bonds is 7. The third kappa shape index (κ3) is 5.14. The lowest BCUT2D eigenvalue weighted by molar-refractivity contribution is 0.0123. The molecule has 1 aromatic heterocycles. The smallest absolute Gasteiger partial charge is 0.0893 e. The van der Waals surface area contributed by atoms with E-state index in [4.69, 9.17) is 4.74 Å². The van der Waals surface area contributed by atoms with Crippen molar-refractivity contribution < 1.29 is 4.74 Å². The number of hydrogen-bond acceptors (Lipinski definition) is 6. The molecule has 1 saturated heterocycles. The summed E-state index contributed by atoms with van der Waals surface area (Å²) < 4.78 is 9.32. The summed E-state index contributed by atoms with van der Waals surface area (Å²) >= 11 is 1.41. The predicted octanol–water partition coefficient (Wildman–Crippen LogP) is 1.37. The first-order chi connectivity index (χ1) is 9.25. The van der Waals surface area contributed by atoms with E-state index >= 15 is 0 Å². The lowest BCUT2D eigenvalue weighted by Gasteiger charge is -2.35. The highest BCUT2D eigenvalue weighted by Crippen LogP contribution is 2.13. The highest BCUT2D eigenvalue weighted by molar-refractivity contribution is 7.03. The predicted molar refractivity (Wildman–Crippen MR) is 77.3 cm³/mol. The van der Waals surface area contributed by atoms with Crippen LogP contribution >= 0.6 is 11.5 Å². The van der Waals surface area contributed by atoms with Gasteiger partial charge in [0.2, 0.25) is 0 Å². The molecule has 1 fully saturated rings. The van der Waals surface area contributed by atoms with Crippen LogP contribution in [-0.4, -0.2) is 53.4 Å². The van der Waals surface area contributed by atoms with Crippen molar-refractivity contribution in [1.29, 1.82) is 0 Å². The van der Waals surface area contributed by atoms with Crippen LogP contribution in [-0.2, 0) is 11.3 Å². The SMILES string of the molecule is CC(C)CC(CNCc1csnn1)N1CCOCC1. The molecule has 108 valence electrons. The maximum absolute atomic E-state index is 5.44. The lowest BCUT2D eigenvalue weighted by atomic mass is 10.0. The molecular formula is C13H24N4OS. The Balaban J connectivity index is 1.79. The third-order valence-electron chi connectivity index (χ3n) is 3.40. The van der Waals surface area contributed by atoms with Gasteiger partial charge in [0.15, 0.2) is 0 Å². The van der Waals surface area contributed by atoms with E-state index in [2.05, 4.69) is 33.7 Å². The minimum atomic E-state index is 0.593. The van der Waals surface area contributed by atoms with Crippen LogP contribution in [0.5, 0.6) is 0 Å². The van der Waals surface area contributed by atoms with Crippen LogP contribution in [0.2, 0.25) is 0 Å². The summed E-state index contributed by atoms with van der Waals surface area (Å²) in [6, 6.07) is 0.593. The highest BCUT2D eigenvalue weighted by Gasteiger charge is 2.21. The molecule has 1 N–H and O–H groups in total. The number of nitrogens with zero attached hydrogens (tertiary/aromatic N) is 3. The first-order valence-electron chi connectivity index (χ1n) is 7.04. The second-order valence-electron chi connectivity index (χ2n) is 5.46. The topological polar surface area (TPSA) is 50.3 Å². The lowest BCUT2D eigenvalue weighted by Crippen LogP contribution is -2.48. The minimum absolute atomic E-state index is 0.593. The molecule has 1 atom stereocenters. The molecule has 0 aliphatic carbocycles. The van der Waals surface area contributed by atoms with Crippen molar-refractivity contribution in [2.24, 2.45) is 5.92 Å². The van der Waals surface area contributed by atoms with E-state index in [0.717, 1.165) is 51.0 Å². The molecule has 0 spiro atoms. The van der Waals surface area contributed by atoms with Crippen molar-refractivity contribution in [1.82, 2.24) is 19.8 Å². The molecule has 19 heavy (non-hydrogen) atoms. The van der Waals surface area contributed by atoms with Crippen molar-refractivity contribution in [2.45, 2.75) is 32.9 Å². The van der Waals surface area contributed by atoms with Crippen molar-refractivity contribution in [3.05, 3.63) is 11.1 Å². The molecule has 2 rings (SSSR count). The van der Waals surface area contributed by atoms with E-state index in [9.17, 15) is 0 Å². The minimum Gasteiger partial charge on any atom is -0.379 e. The van der Waals surface area contributed by atoms with E-state index in [-0.39, 0.29) is 0 Å². The van der Waals surface area contributed by atoms with Crippen LogP contribution in [0.15, 0.2) is 5.38 Å². The molecule has 0 radical (unpaired) electrons. The van der Waals surface area contributed by atoms with Crippen LogP contribution in [0, 0.1) is 5.92 Å². The quantitative estimate of drug-likeness (QED) is 0.819. The van der Waals surface area contributed by atoms with Gasteiger partial charge in [0, 0.05) is 37.6 Å². The molecule has 1 aliphatic heterocycles. The zero-order valence-electron chi connectivity index (χ0n) is 11.8. The molecule has 0 bridgehead atoms. The first-order valence-corrected chi connectivity index (χ1v) is 7.88. The Kier molecular flexibility index (Phi) is 6.16. The van der Waals surface area contributed by atoms with Gasteiger partial charge in [0.1, 0.15) is 0 Å². The van der Waals surface area contributed by atoms with Gasteiger partial charge in [0.25, 0.3) is 0 Å². The monoisotopic (exact) mass is 284 g/mol. The molecule has 1 aliphatic rings. The Labute approximate surface area is 119 Å². The summed E-state index contributed by atoms with van der Waals surface area (Å²) in [6.07, 6.45) is 1.22. The molecule has 0 saturated carbocycles. The number of hydrogen-bond donors (Lipinski definition) is 1. The fraction of sp³-hybridized carbons (Fsp3) is 0.846. The fourth-order valence-corrected chi connectivity index (χ4v) is 2.93. The van der Waals surface area contributed by atoms with Gasteiger partial charge >= 0.3 is 0 Å². The maximum Gasteiger partial charge on any atom is 0.0893 e. The normalized spacial score (nSPS) is 18.9. The average molecular weight is 284 g/mol. The fourth-order valence-electron chi connectivity index (χ4n) is 2.48. The number of morpholine rings is 1. The summed E-state index contributed by atoms with van der Waals surface area (Å²) in [4.78, 5) is 2.55. The van der Waals surface area contributed by atoms with Gasteiger partial charge in [-0.15, -0.1) is 5.10 Å².